The smallest absolute Gasteiger partial charge is 0.0609 e. The fourth-order valence-corrected chi connectivity index (χ4v) is 1.69. The number of nitrogens with zero attached hydrogens (tertiary/aromatic N) is 2. The molecular formula is C10H15N3. The topological polar surface area (TPSA) is 42.2 Å². The van der Waals surface area contributed by atoms with Crippen LogP contribution in [0.25, 0.3) is 0 Å². The van der Waals surface area contributed by atoms with Crippen LogP contribution >= 0.6 is 0 Å². The summed E-state index contributed by atoms with van der Waals surface area (Å²) >= 11 is 0. The first kappa shape index (κ1) is 8.51. The molecule has 70 valence electrons. The quantitative estimate of drug-likeness (QED) is 0.704. The average molecular weight is 177 g/mol. The molecule has 13 heavy (non-hydrogen) atoms. The first-order chi connectivity index (χ1) is 6.18. The molecule has 1 aromatic heterocycles. The molecule has 0 fully saturated rings. The van der Waals surface area contributed by atoms with E-state index >= 15 is 0 Å². The van der Waals surface area contributed by atoms with Crippen LogP contribution in [0.4, 0.5) is 5.69 Å². The zero-order chi connectivity index (χ0) is 9.42. The van der Waals surface area contributed by atoms with Crippen molar-refractivity contribution in [2.75, 3.05) is 5.73 Å². The largest absolute Gasteiger partial charge is 0.398 e. The van der Waals surface area contributed by atoms with E-state index in [0.29, 0.717) is 6.04 Å². The Kier molecular flexibility index (Phi) is 1.96. The average Bonchev–Trinajstić information content (AvgIpc) is 2.49. The minimum atomic E-state index is 0.564. The lowest BCUT2D eigenvalue weighted by Gasteiger charge is -2.18. The predicted octanol–water partition coefficient (Wildman–Crippen LogP) is 1.39. The van der Waals surface area contributed by atoms with Gasteiger partial charge in [-0.15, -0.1) is 0 Å². The second-order valence-electron chi connectivity index (χ2n) is 3.82. The van der Waals surface area contributed by atoms with Crippen molar-refractivity contribution in [1.29, 1.82) is 0 Å². The number of pyridine rings is 1. The summed E-state index contributed by atoms with van der Waals surface area (Å²) in [6, 6.07) is 2.44. The molecule has 2 heterocycles. The normalized spacial score (nSPS) is 16.5. The molecule has 3 nitrogen and oxygen atoms in total. The van der Waals surface area contributed by atoms with Crippen LogP contribution in [0.3, 0.4) is 0 Å². The maximum absolute atomic E-state index is 5.87. The molecule has 2 N–H and O–H groups in total. The number of aromatic nitrogens is 1. The molecule has 0 radical (unpaired) electrons. The predicted molar refractivity (Wildman–Crippen MR) is 53.0 cm³/mol. The summed E-state index contributed by atoms with van der Waals surface area (Å²) in [5.41, 5.74) is 9.12. The summed E-state index contributed by atoms with van der Waals surface area (Å²) in [7, 11) is 0. The summed E-state index contributed by atoms with van der Waals surface area (Å²) in [4.78, 5) is 6.70. The summed E-state index contributed by atoms with van der Waals surface area (Å²) in [6.45, 7) is 6.29. The van der Waals surface area contributed by atoms with E-state index in [9.17, 15) is 0 Å². The van der Waals surface area contributed by atoms with Gasteiger partial charge >= 0.3 is 0 Å². The Morgan fingerprint density at radius 2 is 2.23 bits per heavy atom. The van der Waals surface area contributed by atoms with Gasteiger partial charge in [-0.1, -0.05) is 0 Å². The summed E-state index contributed by atoms with van der Waals surface area (Å²) in [5.74, 6) is 0. The van der Waals surface area contributed by atoms with Crippen molar-refractivity contribution in [2.24, 2.45) is 0 Å². The van der Waals surface area contributed by atoms with Crippen LogP contribution < -0.4 is 5.73 Å². The molecule has 0 saturated heterocycles. The van der Waals surface area contributed by atoms with E-state index in [-0.39, 0.29) is 0 Å². The van der Waals surface area contributed by atoms with Crippen LogP contribution in [0.5, 0.6) is 0 Å². The van der Waals surface area contributed by atoms with E-state index < -0.39 is 0 Å². The second kappa shape index (κ2) is 3.00. The Balaban J connectivity index is 2.30. The van der Waals surface area contributed by atoms with Crippen molar-refractivity contribution in [3.63, 3.8) is 0 Å². The van der Waals surface area contributed by atoms with Crippen LogP contribution in [-0.2, 0) is 13.1 Å². The molecule has 0 aliphatic carbocycles. The van der Waals surface area contributed by atoms with Crippen molar-refractivity contribution in [3.05, 3.63) is 23.5 Å². The number of hydrogen-bond donors (Lipinski definition) is 1. The van der Waals surface area contributed by atoms with Crippen molar-refractivity contribution >= 4 is 5.69 Å². The lowest BCUT2D eigenvalue weighted by atomic mass is 10.2. The first-order valence-electron chi connectivity index (χ1n) is 4.64. The minimum absolute atomic E-state index is 0.564. The van der Waals surface area contributed by atoms with Gasteiger partial charge in [-0.2, -0.15) is 0 Å². The van der Waals surface area contributed by atoms with E-state index in [0.717, 1.165) is 24.5 Å². The third-order valence-electron chi connectivity index (χ3n) is 2.63. The number of nitrogen functional groups attached to an aromatic ring is 1. The highest BCUT2D eigenvalue weighted by Crippen LogP contribution is 2.26. The SMILES string of the molecule is CC(C)N1Cc2nccc(N)c2C1. The highest BCUT2D eigenvalue weighted by atomic mass is 15.2. The van der Waals surface area contributed by atoms with Crippen molar-refractivity contribution in [2.45, 2.75) is 33.0 Å². The Morgan fingerprint density at radius 1 is 1.46 bits per heavy atom. The van der Waals surface area contributed by atoms with E-state index in [2.05, 4.69) is 23.7 Å². The lowest BCUT2D eigenvalue weighted by molar-refractivity contribution is 0.226. The highest BCUT2D eigenvalue weighted by Gasteiger charge is 2.23. The molecular weight excluding hydrogens is 162 g/mol. The molecule has 1 aliphatic rings. The third-order valence-corrected chi connectivity index (χ3v) is 2.63. The number of nitrogens with two attached hydrogens (primary N) is 1. The Hall–Kier alpha value is -1.09. The molecule has 2 rings (SSSR count). The van der Waals surface area contributed by atoms with Crippen LogP contribution in [0.2, 0.25) is 0 Å². The zero-order valence-corrected chi connectivity index (χ0v) is 8.12. The van der Waals surface area contributed by atoms with Crippen LogP contribution in [0.1, 0.15) is 25.1 Å². The van der Waals surface area contributed by atoms with Crippen LogP contribution in [0, 0.1) is 0 Å². The molecule has 0 unspecified atom stereocenters. The van der Waals surface area contributed by atoms with Gasteiger partial charge in [0, 0.05) is 36.6 Å². The summed E-state index contributed by atoms with van der Waals surface area (Å²) in [6.07, 6.45) is 1.79. The van der Waals surface area contributed by atoms with Crippen LogP contribution in [0.15, 0.2) is 12.3 Å². The molecule has 0 atom stereocenters. The molecule has 3 heteroatoms. The number of anilines is 1. The van der Waals surface area contributed by atoms with Crippen molar-refractivity contribution < 1.29 is 0 Å². The van der Waals surface area contributed by atoms with Crippen molar-refractivity contribution in [3.8, 4) is 0 Å². The fraction of sp³-hybridized carbons (Fsp3) is 0.500. The lowest BCUT2D eigenvalue weighted by Crippen LogP contribution is -2.24. The summed E-state index contributed by atoms with van der Waals surface area (Å²) < 4.78 is 0. The first-order valence-corrected chi connectivity index (χ1v) is 4.64. The molecule has 0 saturated carbocycles. The fourth-order valence-electron chi connectivity index (χ4n) is 1.69. The van der Waals surface area contributed by atoms with Gasteiger partial charge < -0.3 is 5.73 Å². The maximum Gasteiger partial charge on any atom is 0.0609 e. The van der Waals surface area contributed by atoms with Gasteiger partial charge in [-0.3, -0.25) is 9.88 Å². The van der Waals surface area contributed by atoms with E-state index in [1.54, 1.807) is 6.20 Å². The van der Waals surface area contributed by atoms with Gasteiger partial charge in [0.2, 0.25) is 0 Å². The van der Waals surface area contributed by atoms with E-state index in [4.69, 9.17) is 5.73 Å². The number of fused-ring (bicyclic) bond motifs is 1. The molecule has 0 spiro atoms. The zero-order valence-electron chi connectivity index (χ0n) is 8.12. The van der Waals surface area contributed by atoms with Gasteiger partial charge in [-0.25, -0.2) is 0 Å². The monoisotopic (exact) mass is 177 g/mol. The van der Waals surface area contributed by atoms with Crippen molar-refractivity contribution in [1.82, 2.24) is 9.88 Å². The highest BCUT2D eigenvalue weighted by molar-refractivity contribution is 5.49. The molecule has 0 amide bonds. The third kappa shape index (κ3) is 1.40. The summed E-state index contributed by atoms with van der Waals surface area (Å²) in [5, 5.41) is 0. The second-order valence-corrected chi connectivity index (χ2v) is 3.82. The number of rotatable bonds is 1. The van der Waals surface area contributed by atoms with Crippen LogP contribution in [-0.4, -0.2) is 15.9 Å². The van der Waals surface area contributed by atoms with Gasteiger partial charge in [0.25, 0.3) is 0 Å². The van der Waals surface area contributed by atoms with Gasteiger partial charge in [-0.05, 0) is 19.9 Å². The van der Waals surface area contributed by atoms with Gasteiger partial charge in [0.15, 0.2) is 0 Å². The van der Waals surface area contributed by atoms with E-state index in [1.165, 1.54) is 5.56 Å². The molecule has 1 aromatic rings. The standard InChI is InChI=1S/C10H15N3/c1-7(2)13-5-8-9(11)3-4-12-10(8)6-13/h3-4,7H,5-6H2,1-2H3,(H2,11,12). The van der Waals surface area contributed by atoms with E-state index in [1.807, 2.05) is 6.07 Å². The molecule has 1 aliphatic heterocycles. The molecule has 0 aromatic carbocycles. The maximum atomic E-state index is 5.87. The number of hydrogen-bond acceptors (Lipinski definition) is 3. The Morgan fingerprint density at radius 3 is 2.85 bits per heavy atom. The molecule has 0 bridgehead atoms. The van der Waals surface area contributed by atoms with Gasteiger partial charge in [0.1, 0.15) is 0 Å². The Labute approximate surface area is 78.6 Å². The minimum Gasteiger partial charge on any atom is -0.398 e. The van der Waals surface area contributed by atoms with Gasteiger partial charge in [0.05, 0.1) is 5.69 Å². The Bertz CT molecular complexity index is 320.